The van der Waals surface area contributed by atoms with Crippen LogP contribution in [0.15, 0.2) is 60.9 Å². The fourth-order valence-corrected chi connectivity index (χ4v) is 3.28. The van der Waals surface area contributed by atoms with Gasteiger partial charge in [-0.3, -0.25) is 9.59 Å². The van der Waals surface area contributed by atoms with Gasteiger partial charge in [0, 0.05) is 37.0 Å². The molecule has 31 heavy (non-hydrogen) atoms. The number of amides is 1. The molecule has 0 aliphatic carbocycles. The SMILES string of the molecule is COc1ccccc1[C@H](NC(=O)CCCOc1ccc(C(C)=O)cc1)c1nccn1C. The van der Waals surface area contributed by atoms with Crippen molar-refractivity contribution in [2.75, 3.05) is 13.7 Å². The Morgan fingerprint density at radius 2 is 1.87 bits per heavy atom. The van der Waals surface area contributed by atoms with Gasteiger partial charge in [-0.25, -0.2) is 4.98 Å². The molecule has 3 aromatic rings. The molecule has 0 spiro atoms. The number of hydrogen-bond acceptors (Lipinski definition) is 5. The van der Waals surface area contributed by atoms with Gasteiger partial charge in [-0.15, -0.1) is 0 Å². The highest BCUT2D eigenvalue weighted by atomic mass is 16.5. The number of carbonyl (C=O) groups is 2. The first kappa shape index (κ1) is 22.1. The number of aryl methyl sites for hydroxylation is 1. The molecule has 162 valence electrons. The van der Waals surface area contributed by atoms with Crippen LogP contribution in [-0.2, 0) is 11.8 Å². The topological polar surface area (TPSA) is 82.4 Å². The van der Waals surface area contributed by atoms with Crippen LogP contribution >= 0.6 is 0 Å². The molecule has 0 bridgehead atoms. The Kier molecular flexibility index (Phi) is 7.43. The lowest BCUT2D eigenvalue weighted by molar-refractivity contribution is -0.121. The Balaban J connectivity index is 1.59. The van der Waals surface area contributed by atoms with Crippen LogP contribution in [0.5, 0.6) is 11.5 Å². The second-order valence-corrected chi connectivity index (χ2v) is 7.17. The molecule has 7 nitrogen and oxygen atoms in total. The van der Waals surface area contributed by atoms with Gasteiger partial charge in [0.25, 0.3) is 0 Å². The van der Waals surface area contributed by atoms with Crippen molar-refractivity contribution in [3.63, 3.8) is 0 Å². The lowest BCUT2D eigenvalue weighted by Gasteiger charge is -2.21. The molecule has 1 atom stereocenters. The monoisotopic (exact) mass is 421 g/mol. The zero-order valence-corrected chi connectivity index (χ0v) is 18.0. The fraction of sp³-hybridized carbons (Fsp3) is 0.292. The summed E-state index contributed by atoms with van der Waals surface area (Å²) in [6.07, 6.45) is 4.41. The first-order valence-electron chi connectivity index (χ1n) is 10.1. The van der Waals surface area contributed by atoms with Gasteiger partial charge in [-0.1, -0.05) is 18.2 Å². The number of aromatic nitrogens is 2. The van der Waals surface area contributed by atoms with Crippen LogP contribution in [0.4, 0.5) is 0 Å². The average molecular weight is 421 g/mol. The maximum Gasteiger partial charge on any atom is 0.220 e. The molecule has 0 saturated heterocycles. The van der Waals surface area contributed by atoms with Gasteiger partial charge in [0.1, 0.15) is 23.4 Å². The largest absolute Gasteiger partial charge is 0.496 e. The lowest BCUT2D eigenvalue weighted by Crippen LogP contribution is -2.31. The zero-order chi connectivity index (χ0) is 22.2. The predicted molar refractivity (Wildman–Crippen MR) is 117 cm³/mol. The Morgan fingerprint density at radius 3 is 2.52 bits per heavy atom. The second kappa shape index (κ2) is 10.4. The van der Waals surface area contributed by atoms with Gasteiger partial charge in [-0.05, 0) is 43.7 Å². The summed E-state index contributed by atoms with van der Waals surface area (Å²) in [5, 5.41) is 3.07. The highest BCUT2D eigenvalue weighted by Gasteiger charge is 2.23. The fourth-order valence-electron chi connectivity index (χ4n) is 3.28. The van der Waals surface area contributed by atoms with Crippen molar-refractivity contribution in [3.05, 3.63) is 77.9 Å². The number of Topliss-reactive ketones (excluding diaryl/α,β-unsaturated/α-hetero) is 1. The summed E-state index contributed by atoms with van der Waals surface area (Å²) in [6.45, 7) is 1.92. The first-order valence-corrected chi connectivity index (χ1v) is 10.1. The Labute approximate surface area is 182 Å². The van der Waals surface area contributed by atoms with Crippen molar-refractivity contribution in [2.45, 2.75) is 25.8 Å². The van der Waals surface area contributed by atoms with E-state index in [2.05, 4.69) is 10.3 Å². The maximum atomic E-state index is 12.7. The van der Waals surface area contributed by atoms with E-state index in [0.717, 1.165) is 11.4 Å². The Morgan fingerprint density at radius 1 is 1.13 bits per heavy atom. The van der Waals surface area contributed by atoms with E-state index >= 15 is 0 Å². The number of para-hydroxylation sites is 1. The summed E-state index contributed by atoms with van der Waals surface area (Å²) in [7, 11) is 3.50. The summed E-state index contributed by atoms with van der Waals surface area (Å²) in [5.74, 6) is 1.99. The summed E-state index contributed by atoms with van der Waals surface area (Å²) in [5.41, 5.74) is 1.48. The molecule has 2 aromatic carbocycles. The predicted octanol–water partition coefficient (Wildman–Crippen LogP) is 3.70. The van der Waals surface area contributed by atoms with E-state index in [1.165, 1.54) is 6.92 Å². The number of ketones is 1. The number of hydrogen-bond donors (Lipinski definition) is 1. The van der Waals surface area contributed by atoms with E-state index in [1.54, 1.807) is 37.6 Å². The number of benzene rings is 2. The van der Waals surface area contributed by atoms with Gasteiger partial charge in [0.2, 0.25) is 5.91 Å². The lowest BCUT2D eigenvalue weighted by atomic mass is 10.0. The number of rotatable bonds is 10. The maximum absolute atomic E-state index is 12.7. The molecule has 3 rings (SSSR count). The molecule has 0 fully saturated rings. The average Bonchev–Trinajstić information content (AvgIpc) is 3.21. The quantitative estimate of drug-likeness (QED) is 0.399. The van der Waals surface area contributed by atoms with Crippen molar-refractivity contribution in [3.8, 4) is 11.5 Å². The number of nitrogens with one attached hydrogen (secondary N) is 1. The van der Waals surface area contributed by atoms with Crippen molar-refractivity contribution >= 4 is 11.7 Å². The third kappa shape index (κ3) is 5.72. The molecule has 1 amide bonds. The number of nitrogens with zero attached hydrogens (tertiary/aromatic N) is 2. The van der Waals surface area contributed by atoms with Gasteiger partial charge in [-0.2, -0.15) is 0 Å². The molecule has 0 radical (unpaired) electrons. The minimum absolute atomic E-state index is 0.0144. The molecule has 7 heteroatoms. The standard InChI is InChI=1S/C24H27N3O4/c1-17(28)18-10-12-19(13-11-18)31-16-6-9-22(29)26-23(24-25-14-15-27(24)2)20-7-4-5-8-21(20)30-3/h4-5,7-8,10-15,23H,6,9,16H2,1-3H3,(H,26,29)/t23-/m0/s1. The molecule has 0 unspecified atom stereocenters. The third-order valence-corrected chi connectivity index (χ3v) is 4.95. The van der Waals surface area contributed by atoms with E-state index in [-0.39, 0.29) is 11.7 Å². The Bertz CT molecular complexity index is 1030. The molecule has 1 heterocycles. The van der Waals surface area contributed by atoms with Crippen LogP contribution in [-0.4, -0.2) is 35.0 Å². The minimum Gasteiger partial charge on any atom is -0.496 e. The summed E-state index contributed by atoms with van der Waals surface area (Å²) in [4.78, 5) is 28.4. The van der Waals surface area contributed by atoms with Crippen molar-refractivity contribution in [2.24, 2.45) is 7.05 Å². The highest BCUT2D eigenvalue weighted by molar-refractivity contribution is 5.94. The molecule has 0 aliphatic rings. The van der Waals surface area contributed by atoms with E-state index in [9.17, 15) is 9.59 Å². The molecule has 0 saturated carbocycles. The van der Waals surface area contributed by atoms with Crippen LogP contribution in [0.3, 0.4) is 0 Å². The zero-order valence-electron chi connectivity index (χ0n) is 18.0. The molecular weight excluding hydrogens is 394 g/mol. The molecule has 1 aromatic heterocycles. The summed E-state index contributed by atoms with van der Waals surface area (Å²) >= 11 is 0. The molecular formula is C24H27N3O4. The van der Waals surface area contributed by atoms with Gasteiger partial charge < -0.3 is 19.4 Å². The van der Waals surface area contributed by atoms with Crippen LogP contribution in [0, 0.1) is 0 Å². The van der Waals surface area contributed by atoms with Crippen LogP contribution in [0.25, 0.3) is 0 Å². The second-order valence-electron chi connectivity index (χ2n) is 7.17. The van der Waals surface area contributed by atoms with E-state index in [4.69, 9.17) is 9.47 Å². The van der Waals surface area contributed by atoms with E-state index < -0.39 is 6.04 Å². The van der Waals surface area contributed by atoms with Gasteiger partial charge >= 0.3 is 0 Å². The number of ether oxygens (including phenoxy) is 2. The first-order chi connectivity index (χ1) is 15.0. The number of carbonyl (C=O) groups excluding carboxylic acids is 2. The normalized spacial score (nSPS) is 11.6. The third-order valence-electron chi connectivity index (χ3n) is 4.95. The minimum atomic E-state index is -0.427. The summed E-state index contributed by atoms with van der Waals surface area (Å²) < 4.78 is 13.0. The number of imidazole rings is 1. The van der Waals surface area contributed by atoms with Crippen LogP contribution < -0.4 is 14.8 Å². The smallest absolute Gasteiger partial charge is 0.220 e. The summed E-state index contributed by atoms with van der Waals surface area (Å²) in [6, 6.07) is 14.1. The Hall–Kier alpha value is -3.61. The highest BCUT2D eigenvalue weighted by Crippen LogP contribution is 2.29. The number of methoxy groups -OCH3 is 1. The van der Waals surface area contributed by atoms with Crippen molar-refractivity contribution in [1.29, 1.82) is 0 Å². The van der Waals surface area contributed by atoms with Gasteiger partial charge in [0.05, 0.1) is 13.7 Å². The van der Waals surface area contributed by atoms with Crippen molar-refractivity contribution in [1.82, 2.24) is 14.9 Å². The van der Waals surface area contributed by atoms with E-state index in [0.29, 0.717) is 36.5 Å². The van der Waals surface area contributed by atoms with E-state index in [1.807, 2.05) is 42.1 Å². The van der Waals surface area contributed by atoms with Gasteiger partial charge in [0.15, 0.2) is 5.78 Å². The van der Waals surface area contributed by atoms with Crippen LogP contribution in [0.1, 0.15) is 47.6 Å². The van der Waals surface area contributed by atoms with Crippen LogP contribution in [0.2, 0.25) is 0 Å². The van der Waals surface area contributed by atoms with Crippen molar-refractivity contribution < 1.29 is 19.1 Å². The molecule has 1 N–H and O–H groups in total. The molecule has 0 aliphatic heterocycles.